The Morgan fingerprint density at radius 2 is 1.05 bits per heavy atom. The third-order valence-electron chi connectivity index (χ3n) is 8.56. The van der Waals surface area contributed by atoms with Gasteiger partial charge in [-0.15, -0.1) is 11.3 Å². The van der Waals surface area contributed by atoms with Gasteiger partial charge in [0, 0.05) is 42.7 Å². The lowest BCUT2D eigenvalue weighted by atomic mass is 10.1. The summed E-state index contributed by atoms with van der Waals surface area (Å²) in [5, 5.41) is 26.0. The Kier molecular flexibility index (Phi) is 4.87. The number of benzene rings is 6. The smallest absolute Gasteiger partial charge is 0.0991 e. The molecule has 0 bridgehead atoms. The largest absolute Gasteiger partial charge is 0.309 e. The van der Waals surface area contributed by atoms with Gasteiger partial charge in [0.15, 0.2) is 0 Å². The fourth-order valence-electron chi connectivity index (χ4n) is 6.71. The van der Waals surface area contributed by atoms with Crippen molar-refractivity contribution in [3.63, 3.8) is 0 Å². The minimum atomic E-state index is 0.663. The molecule has 9 rings (SSSR count). The molecule has 0 amide bonds. The van der Waals surface area contributed by atoms with Gasteiger partial charge >= 0.3 is 0 Å². The lowest BCUT2D eigenvalue weighted by Crippen LogP contribution is -1.94. The molecule has 3 aromatic heterocycles. The molecule has 198 valence electrons. The fraction of sp³-hybridized carbons (Fsp3) is 0. The average Bonchev–Trinajstić information content (AvgIpc) is 3.71. The molecular weight excluding hydrogens is 545 g/mol. The van der Waals surface area contributed by atoms with E-state index in [2.05, 4.69) is 118 Å². The van der Waals surface area contributed by atoms with Crippen LogP contribution in [-0.2, 0) is 0 Å². The summed E-state index contributed by atoms with van der Waals surface area (Å²) in [6.45, 7) is 0. The van der Waals surface area contributed by atoms with Gasteiger partial charge in [-0.2, -0.15) is 10.5 Å². The highest BCUT2D eigenvalue weighted by molar-refractivity contribution is 7.26. The highest BCUT2D eigenvalue weighted by atomic mass is 32.1. The van der Waals surface area contributed by atoms with Crippen LogP contribution in [0.4, 0.5) is 0 Å². The maximum absolute atomic E-state index is 9.58. The van der Waals surface area contributed by atoms with Crippen molar-refractivity contribution < 1.29 is 0 Å². The monoisotopic (exact) mass is 564 g/mol. The van der Waals surface area contributed by atoms with E-state index in [1.165, 1.54) is 20.2 Å². The van der Waals surface area contributed by atoms with E-state index in [0.29, 0.717) is 11.1 Å². The van der Waals surface area contributed by atoms with E-state index in [1.807, 2.05) is 35.6 Å². The number of hydrogen-bond donors (Lipinski definition) is 0. The molecule has 0 atom stereocenters. The molecule has 0 fully saturated rings. The van der Waals surface area contributed by atoms with Gasteiger partial charge < -0.3 is 9.13 Å². The Labute approximate surface area is 250 Å². The van der Waals surface area contributed by atoms with Gasteiger partial charge in [0.25, 0.3) is 0 Å². The molecule has 0 saturated carbocycles. The van der Waals surface area contributed by atoms with Crippen LogP contribution in [0.2, 0.25) is 0 Å². The number of para-hydroxylation sites is 2. The van der Waals surface area contributed by atoms with E-state index in [9.17, 15) is 10.5 Å². The predicted molar refractivity (Wildman–Crippen MR) is 177 cm³/mol. The summed E-state index contributed by atoms with van der Waals surface area (Å²) >= 11 is 1.81. The maximum Gasteiger partial charge on any atom is 0.0991 e. The molecule has 3 heterocycles. The number of thiophene rings is 1. The molecule has 0 saturated heterocycles. The van der Waals surface area contributed by atoms with Crippen molar-refractivity contribution in [2.45, 2.75) is 0 Å². The molecule has 0 spiro atoms. The van der Waals surface area contributed by atoms with Gasteiger partial charge in [0.1, 0.15) is 0 Å². The second-order valence-corrected chi connectivity index (χ2v) is 11.9. The fourth-order valence-corrected chi connectivity index (χ4v) is 7.90. The topological polar surface area (TPSA) is 57.4 Å². The van der Waals surface area contributed by atoms with E-state index in [1.54, 1.807) is 0 Å². The van der Waals surface area contributed by atoms with Crippen LogP contribution in [0.25, 0.3) is 75.2 Å². The number of nitriles is 2. The van der Waals surface area contributed by atoms with Crippen LogP contribution >= 0.6 is 11.3 Å². The first-order chi connectivity index (χ1) is 21.2. The van der Waals surface area contributed by atoms with Gasteiger partial charge in [0.2, 0.25) is 0 Å². The predicted octanol–water partition coefficient (Wildman–Crippen LogP) is 9.99. The third kappa shape index (κ3) is 3.29. The normalized spacial score (nSPS) is 11.7. The second-order valence-electron chi connectivity index (χ2n) is 10.8. The van der Waals surface area contributed by atoms with E-state index < -0.39 is 0 Å². The van der Waals surface area contributed by atoms with E-state index in [0.717, 1.165) is 55.0 Å². The Hall–Kier alpha value is -5.88. The SMILES string of the molecule is N#Cc1ccc2c(c1)c1ccccc1n2-c1ccc2sc3c(-n4c5ccccc5c5cc(C#N)ccc54)cccc3c2c1. The average molecular weight is 565 g/mol. The number of fused-ring (bicyclic) bond motifs is 9. The summed E-state index contributed by atoms with van der Waals surface area (Å²) in [6, 6.07) is 46.6. The zero-order valence-corrected chi connectivity index (χ0v) is 23.6. The van der Waals surface area contributed by atoms with Crippen LogP contribution in [0.15, 0.2) is 121 Å². The highest BCUT2D eigenvalue weighted by Crippen LogP contribution is 2.42. The van der Waals surface area contributed by atoms with Crippen LogP contribution in [-0.4, -0.2) is 9.13 Å². The Bertz CT molecular complexity index is 2710. The molecular formula is C38H20N4S. The van der Waals surface area contributed by atoms with Gasteiger partial charge in [-0.25, -0.2) is 0 Å². The molecule has 0 radical (unpaired) electrons. The van der Waals surface area contributed by atoms with Gasteiger partial charge in [-0.1, -0.05) is 48.5 Å². The highest BCUT2D eigenvalue weighted by Gasteiger charge is 2.18. The first-order valence-electron chi connectivity index (χ1n) is 14.1. The van der Waals surface area contributed by atoms with Crippen molar-refractivity contribution in [2.24, 2.45) is 0 Å². The minimum absolute atomic E-state index is 0.663. The van der Waals surface area contributed by atoms with E-state index in [4.69, 9.17) is 0 Å². The molecule has 6 aromatic carbocycles. The van der Waals surface area contributed by atoms with Crippen LogP contribution in [0.5, 0.6) is 0 Å². The zero-order chi connectivity index (χ0) is 28.7. The summed E-state index contributed by atoms with van der Waals surface area (Å²) in [6.07, 6.45) is 0. The van der Waals surface area contributed by atoms with Crippen LogP contribution < -0.4 is 0 Å². The molecule has 4 nitrogen and oxygen atoms in total. The Morgan fingerprint density at radius 1 is 0.465 bits per heavy atom. The van der Waals surface area contributed by atoms with Crippen LogP contribution in [0, 0.1) is 22.7 Å². The minimum Gasteiger partial charge on any atom is -0.309 e. The van der Waals surface area contributed by atoms with Crippen molar-refractivity contribution in [1.29, 1.82) is 10.5 Å². The second kappa shape index (κ2) is 8.81. The van der Waals surface area contributed by atoms with Gasteiger partial charge in [0.05, 0.1) is 55.7 Å². The van der Waals surface area contributed by atoms with E-state index >= 15 is 0 Å². The number of rotatable bonds is 2. The first kappa shape index (κ1) is 23.8. The molecule has 5 heteroatoms. The molecule has 0 aliphatic heterocycles. The lowest BCUT2D eigenvalue weighted by molar-refractivity contribution is 1.19. The molecule has 0 aliphatic rings. The van der Waals surface area contributed by atoms with Gasteiger partial charge in [-0.3, -0.25) is 0 Å². The van der Waals surface area contributed by atoms with Crippen molar-refractivity contribution >= 4 is 75.1 Å². The van der Waals surface area contributed by atoms with Crippen molar-refractivity contribution in [1.82, 2.24) is 9.13 Å². The summed E-state index contributed by atoms with van der Waals surface area (Å²) in [5.74, 6) is 0. The van der Waals surface area contributed by atoms with Gasteiger partial charge in [-0.05, 0) is 72.8 Å². The Morgan fingerprint density at radius 3 is 1.72 bits per heavy atom. The standard InChI is InChI=1S/C38H20N4S/c39-21-23-12-15-34-29(18-23)26-6-1-3-9-32(26)41(34)25-14-17-37-31(20-25)28-8-5-11-36(38(28)43-37)42-33-10-4-2-7-27(33)30-19-24(22-40)13-16-35(30)42/h1-20H. The third-order valence-corrected chi connectivity index (χ3v) is 9.77. The van der Waals surface area contributed by atoms with Crippen LogP contribution in [0.1, 0.15) is 11.1 Å². The van der Waals surface area contributed by atoms with Crippen LogP contribution in [0.3, 0.4) is 0 Å². The summed E-state index contributed by atoms with van der Waals surface area (Å²) in [5.41, 5.74) is 7.98. The number of nitrogens with zero attached hydrogens (tertiary/aromatic N) is 4. The molecule has 0 aliphatic carbocycles. The zero-order valence-electron chi connectivity index (χ0n) is 22.7. The molecule has 9 aromatic rings. The summed E-state index contributed by atoms with van der Waals surface area (Å²) < 4.78 is 7.09. The van der Waals surface area contributed by atoms with Crippen molar-refractivity contribution in [3.05, 3.63) is 132 Å². The van der Waals surface area contributed by atoms with Crippen molar-refractivity contribution in [2.75, 3.05) is 0 Å². The molecule has 43 heavy (non-hydrogen) atoms. The number of aromatic nitrogens is 2. The molecule has 0 N–H and O–H groups in total. The van der Waals surface area contributed by atoms with Crippen molar-refractivity contribution in [3.8, 4) is 23.5 Å². The lowest BCUT2D eigenvalue weighted by Gasteiger charge is -2.10. The maximum atomic E-state index is 9.58. The molecule has 0 unspecified atom stereocenters. The quantitative estimate of drug-likeness (QED) is 0.210. The summed E-state index contributed by atoms with van der Waals surface area (Å²) in [7, 11) is 0. The number of hydrogen-bond acceptors (Lipinski definition) is 3. The van der Waals surface area contributed by atoms with E-state index in [-0.39, 0.29) is 0 Å². The summed E-state index contributed by atoms with van der Waals surface area (Å²) in [4.78, 5) is 0. The Balaban J connectivity index is 1.32. The first-order valence-corrected chi connectivity index (χ1v) is 14.9.